The van der Waals surface area contributed by atoms with E-state index in [1.165, 1.54) is 28.6 Å². The van der Waals surface area contributed by atoms with Gasteiger partial charge in [0.2, 0.25) is 20.0 Å². The molecular formula is C19H19Cl2N3O7S2. The Bertz CT molecular complexity index is 1290. The van der Waals surface area contributed by atoms with E-state index in [0.29, 0.717) is 13.1 Å². The quantitative estimate of drug-likeness (QED) is 0.515. The largest absolute Gasteiger partial charge is 0.452 e. The number of esters is 1. The molecule has 0 aliphatic carbocycles. The van der Waals surface area contributed by atoms with Gasteiger partial charge in [0, 0.05) is 18.8 Å². The Kier molecular flexibility index (Phi) is 7.66. The molecule has 14 heteroatoms. The van der Waals surface area contributed by atoms with Crippen molar-refractivity contribution in [2.75, 3.05) is 25.0 Å². The molecule has 1 saturated heterocycles. The number of anilines is 1. The molecule has 0 aromatic heterocycles. The fourth-order valence-corrected chi connectivity index (χ4v) is 6.01. The van der Waals surface area contributed by atoms with Gasteiger partial charge in [-0.2, -0.15) is 4.31 Å². The fraction of sp³-hybridized carbons (Fsp3) is 0.263. The van der Waals surface area contributed by atoms with Gasteiger partial charge in [-0.15, -0.1) is 0 Å². The van der Waals surface area contributed by atoms with Crippen molar-refractivity contribution >= 4 is 60.8 Å². The molecule has 1 heterocycles. The summed E-state index contributed by atoms with van der Waals surface area (Å²) in [6, 6.07) is 7.46. The Morgan fingerprint density at radius 3 is 2.18 bits per heavy atom. The van der Waals surface area contributed by atoms with Crippen molar-refractivity contribution < 1.29 is 31.2 Å². The highest BCUT2D eigenvalue weighted by Gasteiger charge is 2.27. The minimum absolute atomic E-state index is 0.108. The van der Waals surface area contributed by atoms with Crippen LogP contribution < -0.4 is 10.5 Å². The van der Waals surface area contributed by atoms with Gasteiger partial charge in [-0.05, 0) is 49.2 Å². The maximum Gasteiger partial charge on any atom is 0.340 e. The number of nitrogens with zero attached hydrogens (tertiary/aromatic N) is 1. The molecule has 1 amide bonds. The number of nitrogens with two attached hydrogens (primary N) is 1. The third-order valence-electron chi connectivity index (χ3n) is 4.72. The van der Waals surface area contributed by atoms with Crippen LogP contribution in [0.25, 0.3) is 0 Å². The highest BCUT2D eigenvalue weighted by Crippen LogP contribution is 2.28. The molecule has 33 heavy (non-hydrogen) atoms. The standard InChI is InChI=1S/C19H19Cl2N3O7S2/c20-15-10-16(21)17(32(22,27)28)9-14(15)19(26)31-11-18(25)23-12-3-5-13(6-4-12)33(29,30)24-7-1-2-8-24/h3-6,9-10H,1-2,7-8,11H2,(H,23,25)(H2,22,27,28). The fourth-order valence-electron chi connectivity index (χ4n) is 3.10. The molecule has 2 aromatic rings. The number of primary sulfonamides is 1. The number of carbonyl (C=O) groups excluding carboxylic acids is 2. The summed E-state index contributed by atoms with van der Waals surface area (Å²) in [7, 11) is -7.80. The van der Waals surface area contributed by atoms with Crippen molar-refractivity contribution in [3.63, 3.8) is 0 Å². The van der Waals surface area contributed by atoms with Crippen LogP contribution in [0, 0.1) is 0 Å². The summed E-state index contributed by atoms with van der Waals surface area (Å²) in [6.07, 6.45) is 1.63. The van der Waals surface area contributed by atoms with Crippen LogP contribution in [0.1, 0.15) is 23.2 Å². The van der Waals surface area contributed by atoms with Crippen molar-refractivity contribution in [3.8, 4) is 0 Å². The molecular weight excluding hydrogens is 517 g/mol. The van der Waals surface area contributed by atoms with E-state index in [-0.39, 0.29) is 26.2 Å². The molecule has 0 unspecified atom stereocenters. The number of halogens is 2. The van der Waals surface area contributed by atoms with E-state index >= 15 is 0 Å². The number of rotatable bonds is 7. The first-order chi connectivity index (χ1) is 15.4. The number of nitrogens with one attached hydrogen (secondary N) is 1. The Morgan fingerprint density at radius 2 is 1.61 bits per heavy atom. The van der Waals surface area contributed by atoms with Crippen LogP contribution in [0.15, 0.2) is 46.2 Å². The van der Waals surface area contributed by atoms with Crippen molar-refractivity contribution in [2.24, 2.45) is 5.14 Å². The van der Waals surface area contributed by atoms with Crippen molar-refractivity contribution in [1.82, 2.24) is 4.31 Å². The highest BCUT2D eigenvalue weighted by molar-refractivity contribution is 7.89. The Hall–Kier alpha value is -2.22. The van der Waals surface area contributed by atoms with Gasteiger partial charge in [0.1, 0.15) is 4.90 Å². The molecule has 0 atom stereocenters. The maximum atomic E-state index is 12.5. The summed E-state index contributed by atoms with van der Waals surface area (Å²) in [5, 5.41) is 7.05. The first kappa shape index (κ1) is 25.4. The van der Waals surface area contributed by atoms with Crippen LogP contribution in [-0.4, -0.2) is 52.7 Å². The molecule has 0 bridgehead atoms. The van der Waals surface area contributed by atoms with Crippen LogP contribution in [0.2, 0.25) is 10.0 Å². The molecule has 178 valence electrons. The van der Waals surface area contributed by atoms with Crippen molar-refractivity contribution in [3.05, 3.63) is 52.0 Å². The second kappa shape index (κ2) is 9.95. The molecule has 1 aliphatic heterocycles. The Morgan fingerprint density at radius 1 is 1.00 bits per heavy atom. The average molecular weight is 536 g/mol. The lowest BCUT2D eigenvalue weighted by atomic mass is 10.2. The molecule has 0 radical (unpaired) electrons. The number of hydrogen-bond donors (Lipinski definition) is 2. The first-order valence-corrected chi connectivity index (χ1v) is 13.2. The van der Waals surface area contributed by atoms with Gasteiger partial charge in [0.05, 0.1) is 20.5 Å². The maximum absolute atomic E-state index is 12.5. The molecule has 1 fully saturated rings. The third kappa shape index (κ3) is 6.02. The Balaban J connectivity index is 1.62. The second-order valence-electron chi connectivity index (χ2n) is 7.07. The summed E-state index contributed by atoms with van der Waals surface area (Å²) in [5.41, 5.74) is -0.0492. The number of hydrogen-bond acceptors (Lipinski definition) is 7. The predicted molar refractivity (Wildman–Crippen MR) is 121 cm³/mol. The van der Waals surface area contributed by atoms with Gasteiger partial charge in [-0.3, -0.25) is 4.79 Å². The number of carbonyl (C=O) groups is 2. The lowest BCUT2D eigenvalue weighted by molar-refractivity contribution is -0.119. The molecule has 2 aromatic carbocycles. The van der Waals surface area contributed by atoms with Crippen LogP contribution in [-0.2, 0) is 29.6 Å². The molecule has 0 spiro atoms. The van der Waals surface area contributed by atoms with Crippen LogP contribution >= 0.6 is 23.2 Å². The number of ether oxygens (including phenoxy) is 1. The average Bonchev–Trinajstić information content (AvgIpc) is 3.27. The van der Waals surface area contributed by atoms with Gasteiger partial charge in [-0.1, -0.05) is 23.2 Å². The minimum atomic E-state index is -4.22. The molecule has 3 N–H and O–H groups in total. The van der Waals surface area contributed by atoms with E-state index < -0.39 is 43.4 Å². The third-order valence-corrected chi connectivity index (χ3v) is 8.32. The van der Waals surface area contributed by atoms with Gasteiger partial charge in [-0.25, -0.2) is 26.8 Å². The van der Waals surface area contributed by atoms with E-state index in [2.05, 4.69) is 5.32 Å². The molecule has 10 nitrogen and oxygen atoms in total. The summed E-state index contributed by atoms with van der Waals surface area (Å²) < 4.78 is 54.5. The van der Waals surface area contributed by atoms with E-state index in [0.717, 1.165) is 25.0 Å². The summed E-state index contributed by atoms with van der Waals surface area (Å²) in [5.74, 6) is -1.78. The predicted octanol–water partition coefficient (Wildman–Crippen LogP) is 2.22. The lowest BCUT2D eigenvalue weighted by Gasteiger charge is -2.15. The van der Waals surface area contributed by atoms with E-state index in [4.69, 9.17) is 33.1 Å². The summed E-state index contributed by atoms with van der Waals surface area (Å²) in [4.78, 5) is 24.0. The SMILES string of the molecule is NS(=O)(=O)c1cc(C(=O)OCC(=O)Nc2ccc(S(=O)(=O)N3CCCC3)cc2)c(Cl)cc1Cl. The van der Waals surface area contributed by atoms with Gasteiger partial charge < -0.3 is 10.1 Å². The highest BCUT2D eigenvalue weighted by atomic mass is 35.5. The topological polar surface area (TPSA) is 153 Å². The summed E-state index contributed by atoms with van der Waals surface area (Å²) in [6.45, 7) is 0.237. The number of amides is 1. The smallest absolute Gasteiger partial charge is 0.340 e. The van der Waals surface area contributed by atoms with Crippen LogP contribution in [0.5, 0.6) is 0 Å². The summed E-state index contributed by atoms with van der Waals surface area (Å²) >= 11 is 11.7. The first-order valence-electron chi connectivity index (χ1n) is 9.48. The zero-order chi connectivity index (χ0) is 24.4. The molecule has 3 rings (SSSR count). The van der Waals surface area contributed by atoms with E-state index in [9.17, 15) is 26.4 Å². The van der Waals surface area contributed by atoms with E-state index in [1.807, 2.05) is 0 Å². The second-order valence-corrected chi connectivity index (χ2v) is 11.3. The van der Waals surface area contributed by atoms with Gasteiger partial charge >= 0.3 is 5.97 Å². The zero-order valence-corrected chi connectivity index (χ0v) is 20.1. The normalized spacial score (nSPS) is 14.8. The zero-order valence-electron chi connectivity index (χ0n) is 17.0. The lowest BCUT2D eigenvalue weighted by Crippen LogP contribution is -2.27. The Labute approximate surface area is 200 Å². The monoisotopic (exact) mass is 535 g/mol. The van der Waals surface area contributed by atoms with Gasteiger partial charge in [0.15, 0.2) is 6.61 Å². The van der Waals surface area contributed by atoms with Crippen molar-refractivity contribution in [1.29, 1.82) is 0 Å². The van der Waals surface area contributed by atoms with Crippen LogP contribution in [0.4, 0.5) is 5.69 Å². The van der Waals surface area contributed by atoms with E-state index in [1.54, 1.807) is 0 Å². The van der Waals surface area contributed by atoms with Crippen LogP contribution in [0.3, 0.4) is 0 Å². The molecule has 1 aliphatic rings. The van der Waals surface area contributed by atoms with Gasteiger partial charge in [0.25, 0.3) is 5.91 Å². The van der Waals surface area contributed by atoms with Crippen molar-refractivity contribution in [2.45, 2.75) is 22.6 Å². The number of sulfonamides is 2. The number of benzene rings is 2. The minimum Gasteiger partial charge on any atom is -0.452 e. The molecule has 0 saturated carbocycles.